The third-order valence-electron chi connectivity index (χ3n) is 1.58. The van der Waals surface area contributed by atoms with Gasteiger partial charge >= 0.3 is 5.97 Å². The van der Waals surface area contributed by atoms with Crippen molar-refractivity contribution < 1.29 is 32.3 Å². The molecule has 1 aromatic rings. The molecule has 1 radical (unpaired) electrons. The maximum Gasteiger partial charge on any atom is 0.341 e. The lowest BCUT2D eigenvalue weighted by molar-refractivity contribution is 0.0683. The Balaban J connectivity index is 3.74. The van der Waals surface area contributed by atoms with Crippen LogP contribution in [0.2, 0.25) is 0 Å². The third kappa shape index (κ3) is 1.56. The van der Waals surface area contributed by atoms with E-state index in [1.165, 1.54) is 0 Å². The maximum absolute atomic E-state index is 12.8. The average molecular weight is 221 g/mol. The zero-order valence-corrected chi connectivity index (χ0v) is 6.78. The van der Waals surface area contributed by atoms with Crippen LogP contribution in [0.5, 0.6) is 0 Å². The molecule has 0 aliphatic rings. The number of carbonyl (C=O) groups excluding carboxylic acids is 1. The molecule has 0 atom stereocenters. The first-order chi connectivity index (χ1) is 6.91. The van der Waals surface area contributed by atoms with Crippen molar-refractivity contribution in [2.75, 3.05) is 0 Å². The van der Waals surface area contributed by atoms with Crippen LogP contribution in [0.15, 0.2) is 0 Å². The van der Waals surface area contributed by atoms with Gasteiger partial charge in [0.05, 0.1) is 0 Å². The van der Waals surface area contributed by atoms with Gasteiger partial charge in [0.2, 0.25) is 6.29 Å². The standard InChI is InChI=1S/C8HF4O3/c9-4-2(1-13)5(10)7(12)3(6(4)11)8(14)15/h(H,14,15). The van der Waals surface area contributed by atoms with Crippen LogP contribution in [0.25, 0.3) is 0 Å². The molecule has 0 fully saturated rings. The number of halogens is 4. The van der Waals surface area contributed by atoms with Crippen molar-refractivity contribution in [3.8, 4) is 0 Å². The van der Waals surface area contributed by atoms with Gasteiger partial charge in [0, 0.05) is 0 Å². The summed E-state index contributed by atoms with van der Waals surface area (Å²) in [5.74, 6) is -10.6. The molecule has 0 heterocycles. The van der Waals surface area contributed by atoms with Gasteiger partial charge < -0.3 is 5.11 Å². The van der Waals surface area contributed by atoms with Crippen LogP contribution in [0.4, 0.5) is 17.6 Å². The lowest BCUT2D eigenvalue weighted by Gasteiger charge is -2.04. The summed E-state index contributed by atoms with van der Waals surface area (Å²) >= 11 is 0. The smallest absolute Gasteiger partial charge is 0.341 e. The second-order valence-electron chi connectivity index (χ2n) is 2.41. The van der Waals surface area contributed by atoms with E-state index in [9.17, 15) is 27.2 Å². The minimum Gasteiger partial charge on any atom is -0.477 e. The van der Waals surface area contributed by atoms with E-state index < -0.39 is 40.4 Å². The van der Waals surface area contributed by atoms with Gasteiger partial charge in [-0.05, 0) is 0 Å². The minimum atomic E-state index is -2.18. The number of aromatic carboxylic acids is 1. The maximum atomic E-state index is 12.8. The number of carboxylic acids is 1. The highest BCUT2D eigenvalue weighted by molar-refractivity contribution is 5.90. The molecule has 79 valence electrons. The minimum absolute atomic E-state index is 0.638. The Labute approximate surface area is 79.9 Å². The number of rotatable bonds is 2. The van der Waals surface area contributed by atoms with Crippen molar-refractivity contribution in [1.29, 1.82) is 0 Å². The van der Waals surface area contributed by atoms with Crippen molar-refractivity contribution in [2.24, 2.45) is 0 Å². The van der Waals surface area contributed by atoms with Crippen LogP contribution in [0, 0.1) is 23.3 Å². The molecule has 0 spiro atoms. The van der Waals surface area contributed by atoms with E-state index in [1.54, 1.807) is 0 Å². The highest BCUT2D eigenvalue weighted by Gasteiger charge is 2.29. The van der Waals surface area contributed by atoms with E-state index in [4.69, 9.17) is 5.11 Å². The number of hydrogen-bond acceptors (Lipinski definition) is 2. The van der Waals surface area contributed by atoms with E-state index in [-0.39, 0.29) is 0 Å². The molecule has 0 saturated carbocycles. The van der Waals surface area contributed by atoms with E-state index in [1.807, 2.05) is 0 Å². The fourth-order valence-corrected chi connectivity index (χ4v) is 0.909. The average Bonchev–Trinajstić information content (AvgIpc) is 2.16. The highest BCUT2D eigenvalue weighted by Crippen LogP contribution is 2.22. The first-order valence-corrected chi connectivity index (χ1v) is 3.39. The quantitative estimate of drug-likeness (QED) is 0.606. The van der Waals surface area contributed by atoms with Crippen molar-refractivity contribution in [2.45, 2.75) is 0 Å². The predicted molar refractivity (Wildman–Crippen MR) is 38.0 cm³/mol. The molecule has 15 heavy (non-hydrogen) atoms. The van der Waals surface area contributed by atoms with E-state index in [0.717, 1.165) is 0 Å². The Bertz CT molecular complexity index is 427. The lowest BCUT2D eigenvalue weighted by Crippen LogP contribution is -2.12. The van der Waals surface area contributed by atoms with Crippen molar-refractivity contribution in [1.82, 2.24) is 0 Å². The summed E-state index contributed by atoms with van der Waals surface area (Å²) in [4.78, 5) is 20.2. The number of hydrogen-bond donors (Lipinski definition) is 1. The molecule has 0 bridgehead atoms. The Morgan fingerprint density at radius 3 is 1.67 bits per heavy atom. The van der Waals surface area contributed by atoms with Gasteiger partial charge in [-0.25, -0.2) is 22.4 Å². The Kier molecular flexibility index (Phi) is 2.74. The fourth-order valence-electron chi connectivity index (χ4n) is 0.909. The van der Waals surface area contributed by atoms with E-state index in [0.29, 0.717) is 6.29 Å². The second kappa shape index (κ2) is 3.68. The summed E-state index contributed by atoms with van der Waals surface area (Å²) in [5.41, 5.74) is -3.39. The SMILES string of the molecule is O=[C]c1c(F)c(F)c(C(=O)O)c(F)c1F. The third-order valence-corrected chi connectivity index (χ3v) is 1.58. The molecule has 0 aliphatic heterocycles. The summed E-state index contributed by atoms with van der Waals surface area (Å²) in [5, 5.41) is 8.25. The topological polar surface area (TPSA) is 54.4 Å². The summed E-state index contributed by atoms with van der Waals surface area (Å²) < 4.78 is 51.1. The first-order valence-electron chi connectivity index (χ1n) is 3.39. The number of benzene rings is 1. The zero-order valence-electron chi connectivity index (χ0n) is 6.78. The molecule has 1 rings (SSSR count). The molecule has 1 N–H and O–H groups in total. The largest absolute Gasteiger partial charge is 0.477 e. The summed E-state index contributed by atoms with van der Waals surface area (Å²) in [6.45, 7) is 0. The normalized spacial score (nSPS) is 10.1. The molecule has 7 heteroatoms. The number of carbonyl (C=O) groups is 1. The van der Waals surface area contributed by atoms with Gasteiger partial charge in [-0.15, -0.1) is 0 Å². The number of carboxylic acid groups (broad SMARTS) is 1. The van der Waals surface area contributed by atoms with Crippen molar-refractivity contribution in [3.05, 3.63) is 34.4 Å². The zero-order chi connectivity index (χ0) is 11.7. The molecule has 3 nitrogen and oxygen atoms in total. The molecule has 0 amide bonds. The summed E-state index contributed by atoms with van der Waals surface area (Å²) in [6, 6.07) is 0. The van der Waals surface area contributed by atoms with Gasteiger partial charge in [-0.2, -0.15) is 0 Å². The van der Waals surface area contributed by atoms with Gasteiger partial charge in [0.1, 0.15) is 11.1 Å². The van der Waals surface area contributed by atoms with Crippen LogP contribution >= 0.6 is 0 Å². The summed E-state index contributed by atoms with van der Waals surface area (Å²) in [7, 11) is 0. The van der Waals surface area contributed by atoms with Crippen LogP contribution in [0.1, 0.15) is 15.9 Å². The first kappa shape index (κ1) is 11.2. The highest BCUT2D eigenvalue weighted by atomic mass is 19.2. The monoisotopic (exact) mass is 221 g/mol. The molecule has 0 saturated heterocycles. The molecule has 1 aromatic carbocycles. The second-order valence-corrected chi connectivity index (χ2v) is 2.41. The van der Waals surface area contributed by atoms with Crippen molar-refractivity contribution >= 4 is 12.3 Å². The predicted octanol–water partition coefficient (Wildman–Crippen LogP) is 1.40. The molecular weight excluding hydrogens is 220 g/mol. The van der Waals surface area contributed by atoms with Crippen LogP contribution in [0.3, 0.4) is 0 Å². The summed E-state index contributed by atoms with van der Waals surface area (Å²) in [6.07, 6.45) is 0.638. The molecule has 0 aliphatic carbocycles. The van der Waals surface area contributed by atoms with E-state index in [2.05, 4.69) is 0 Å². The van der Waals surface area contributed by atoms with E-state index >= 15 is 0 Å². The molecular formula is C8HF4O3. The van der Waals surface area contributed by atoms with Gasteiger partial charge in [0.25, 0.3) is 0 Å². The fraction of sp³-hybridized carbons (Fsp3) is 0. The van der Waals surface area contributed by atoms with Gasteiger partial charge in [0.15, 0.2) is 23.3 Å². The molecule has 0 aromatic heterocycles. The Morgan fingerprint density at radius 1 is 1.00 bits per heavy atom. The van der Waals surface area contributed by atoms with Gasteiger partial charge in [-0.1, -0.05) is 0 Å². The Morgan fingerprint density at radius 2 is 1.40 bits per heavy atom. The van der Waals surface area contributed by atoms with Crippen LogP contribution in [-0.2, 0) is 4.79 Å². The lowest BCUT2D eigenvalue weighted by atomic mass is 10.1. The van der Waals surface area contributed by atoms with Gasteiger partial charge in [-0.3, -0.25) is 4.79 Å². The Hall–Kier alpha value is -1.92. The van der Waals surface area contributed by atoms with Crippen LogP contribution < -0.4 is 0 Å². The van der Waals surface area contributed by atoms with Crippen molar-refractivity contribution in [3.63, 3.8) is 0 Å². The van der Waals surface area contributed by atoms with Crippen LogP contribution in [-0.4, -0.2) is 17.4 Å². The molecule has 0 unspecified atom stereocenters.